The van der Waals surface area contributed by atoms with Crippen LogP contribution in [0.25, 0.3) is 21.8 Å². The molecule has 0 bridgehead atoms. The number of hydrogen-bond donors (Lipinski definition) is 1. The Labute approximate surface area is 197 Å². The van der Waals surface area contributed by atoms with Crippen molar-refractivity contribution in [3.63, 3.8) is 0 Å². The number of methoxy groups -OCH3 is 2. The maximum Gasteiger partial charge on any atom is 0.201 e. The van der Waals surface area contributed by atoms with Crippen LogP contribution in [0.1, 0.15) is 5.56 Å². The minimum atomic E-state index is -0.0346. The van der Waals surface area contributed by atoms with Crippen LogP contribution < -0.4 is 9.47 Å². The molecule has 4 aromatic rings. The van der Waals surface area contributed by atoms with Crippen LogP contribution in [0.4, 0.5) is 0 Å². The van der Waals surface area contributed by atoms with E-state index in [9.17, 15) is 5.11 Å². The quantitative estimate of drug-likeness (QED) is 0.278. The van der Waals surface area contributed by atoms with E-state index in [4.69, 9.17) is 14.5 Å². The van der Waals surface area contributed by atoms with Gasteiger partial charge in [0.1, 0.15) is 5.01 Å². The molecule has 4 rings (SSSR count). The molecule has 2 aromatic heterocycles. The summed E-state index contributed by atoms with van der Waals surface area (Å²) in [6, 6.07) is 15.8. The van der Waals surface area contributed by atoms with Crippen LogP contribution in [0.2, 0.25) is 0 Å². The van der Waals surface area contributed by atoms with Gasteiger partial charge in [0, 0.05) is 32.9 Å². The number of benzene rings is 2. The molecule has 0 aliphatic rings. The first-order valence-corrected chi connectivity index (χ1v) is 12.0. The normalized spacial score (nSPS) is 10.8. The van der Waals surface area contributed by atoms with E-state index in [1.807, 2.05) is 29.6 Å². The van der Waals surface area contributed by atoms with E-state index in [2.05, 4.69) is 39.1 Å². The molecule has 0 saturated heterocycles. The molecule has 8 heteroatoms. The number of thiazole rings is 1. The molecule has 5 nitrogen and oxygen atoms in total. The van der Waals surface area contributed by atoms with E-state index in [1.54, 1.807) is 24.0 Å². The van der Waals surface area contributed by atoms with E-state index >= 15 is 0 Å². The summed E-state index contributed by atoms with van der Waals surface area (Å²) in [5.41, 5.74) is 3.68. The lowest BCUT2D eigenvalue weighted by Crippen LogP contribution is -1.92. The fourth-order valence-electron chi connectivity index (χ4n) is 3.02. The first-order chi connectivity index (χ1) is 15.1. The number of rotatable bonds is 7. The number of thioether (sulfide) groups is 1. The van der Waals surface area contributed by atoms with E-state index in [-0.39, 0.29) is 5.75 Å². The molecule has 0 amide bonds. The Kier molecular flexibility index (Phi) is 6.80. The van der Waals surface area contributed by atoms with E-state index in [0.717, 1.165) is 31.5 Å². The maximum absolute atomic E-state index is 10.4. The second kappa shape index (κ2) is 9.72. The Morgan fingerprint density at radius 2 is 1.87 bits per heavy atom. The number of hydrogen-bond acceptors (Lipinski definition) is 7. The van der Waals surface area contributed by atoms with Crippen LogP contribution in [0.15, 0.2) is 69.6 Å². The minimum absolute atomic E-state index is 0.0346. The fourth-order valence-corrected chi connectivity index (χ4v) is 4.95. The van der Waals surface area contributed by atoms with Crippen molar-refractivity contribution in [1.29, 1.82) is 0 Å². The second-order valence-corrected chi connectivity index (χ2v) is 9.30. The average molecular weight is 515 g/mol. The second-order valence-electron chi connectivity index (χ2n) is 6.53. The number of phenolic OH excluding ortho intramolecular Hbond substituents is 1. The smallest absolute Gasteiger partial charge is 0.201 e. The largest absolute Gasteiger partial charge is 0.502 e. The van der Waals surface area contributed by atoms with Gasteiger partial charge in [-0.1, -0.05) is 28.1 Å². The fraction of sp³-hybridized carbons (Fsp3) is 0.130. The monoisotopic (exact) mass is 514 g/mol. The van der Waals surface area contributed by atoms with Gasteiger partial charge < -0.3 is 14.6 Å². The summed E-state index contributed by atoms with van der Waals surface area (Å²) in [5, 5.41) is 14.1. The molecule has 0 fully saturated rings. The van der Waals surface area contributed by atoms with Crippen molar-refractivity contribution < 1.29 is 14.6 Å². The number of pyridine rings is 1. The third-order valence-electron chi connectivity index (χ3n) is 4.58. The summed E-state index contributed by atoms with van der Waals surface area (Å²) in [7, 11) is 3.02. The van der Waals surface area contributed by atoms with Crippen molar-refractivity contribution in [3.8, 4) is 39.1 Å². The molecule has 0 saturated carbocycles. The van der Waals surface area contributed by atoms with Crippen molar-refractivity contribution in [2.75, 3.05) is 14.2 Å². The lowest BCUT2D eigenvalue weighted by atomic mass is 10.1. The number of ether oxygens (including phenoxy) is 2. The highest BCUT2D eigenvalue weighted by Crippen LogP contribution is 2.44. The van der Waals surface area contributed by atoms with Gasteiger partial charge in [-0.05, 0) is 42.0 Å². The van der Waals surface area contributed by atoms with Crippen molar-refractivity contribution in [2.45, 2.75) is 10.8 Å². The molecule has 0 spiro atoms. The van der Waals surface area contributed by atoms with Gasteiger partial charge in [0.15, 0.2) is 11.5 Å². The third-order valence-corrected chi connectivity index (χ3v) is 7.00. The SMILES string of the molecule is COc1ccc(-c2csc(-c3ccnc(SCc4ccc(Br)cc4)c3)n2)c(OC)c1O. The van der Waals surface area contributed by atoms with Gasteiger partial charge in [-0.2, -0.15) is 0 Å². The zero-order chi connectivity index (χ0) is 21.8. The van der Waals surface area contributed by atoms with Gasteiger partial charge in [-0.3, -0.25) is 0 Å². The number of aromatic hydroxyl groups is 1. The summed E-state index contributed by atoms with van der Waals surface area (Å²) in [5.74, 6) is 1.51. The van der Waals surface area contributed by atoms with Crippen molar-refractivity contribution in [3.05, 3.63) is 70.1 Å². The molecule has 0 aliphatic heterocycles. The van der Waals surface area contributed by atoms with Gasteiger partial charge in [-0.15, -0.1) is 23.1 Å². The standard InChI is InChI=1S/C23H19BrN2O3S2/c1-28-19-8-7-17(22(29-2)21(19)27)18-13-31-23(26-18)15-9-10-25-20(11-15)30-12-14-3-5-16(24)6-4-14/h3-11,13,27H,12H2,1-2H3. The topological polar surface area (TPSA) is 64.5 Å². The molecule has 31 heavy (non-hydrogen) atoms. The molecule has 0 unspecified atom stereocenters. The number of aromatic nitrogens is 2. The van der Waals surface area contributed by atoms with E-state index in [1.165, 1.54) is 31.1 Å². The summed E-state index contributed by atoms with van der Waals surface area (Å²) < 4.78 is 11.6. The first-order valence-electron chi connectivity index (χ1n) is 9.32. The van der Waals surface area contributed by atoms with E-state index in [0.29, 0.717) is 17.1 Å². The van der Waals surface area contributed by atoms with Crippen LogP contribution in [0.5, 0.6) is 17.2 Å². The summed E-state index contributed by atoms with van der Waals surface area (Å²) in [6.07, 6.45) is 1.81. The van der Waals surface area contributed by atoms with Crippen LogP contribution in [0.3, 0.4) is 0 Å². The number of nitrogens with zero attached hydrogens (tertiary/aromatic N) is 2. The maximum atomic E-state index is 10.4. The Hall–Kier alpha value is -2.55. The Balaban J connectivity index is 1.56. The van der Waals surface area contributed by atoms with Crippen LogP contribution in [-0.4, -0.2) is 29.3 Å². The number of phenols is 1. The summed E-state index contributed by atoms with van der Waals surface area (Å²) in [6.45, 7) is 0. The van der Waals surface area contributed by atoms with Gasteiger partial charge in [0.25, 0.3) is 0 Å². The van der Waals surface area contributed by atoms with Gasteiger partial charge in [0.05, 0.1) is 24.9 Å². The highest BCUT2D eigenvalue weighted by molar-refractivity contribution is 9.10. The zero-order valence-corrected chi connectivity index (χ0v) is 20.1. The average Bonchev–Trinajstić information content (AvgIpc) is 3.29. The van der Waals surface area contributed by atoms with Crippen molar-refractivity contribution >= 4 is 39.0 Å². The Bertz CT molecular complexity index is 1200. The highest BCUT2D eigenvalue weighted by atomic mass is 79.9. The third kappa shape index (κ3) is 4.87. The molecule has 2 heterocycles. The van der Waals surface area contributed by atoms with Gasteiger partial charge in [0.2, 0.25) is 5.75 Å². The highest BCUT2D eigenvalue weighted by Gasteiger charge is 2.18. The van der Waals surface area contributed by atoms with Crippen molar-refractivity contribution in [2.24, 2.45) is 0 Å². The predicted octanol–water partition coefficient (Wildman–Crippen LogP) is 6.65. The predicted molar refractivity (Wildman–Crippen MR) is 129 cm³/mol. The Morgan fingerprint density at radius 3 is 2.61 bits per heavy atom. The number of halogens is 1. The van der Waals surface area contributed by atoms with Crippen LogP contribution in [0, 0.1) is 0 Å². The first kappa shape index (κ1) is 21.7. The minimum Gasteiger partial charge on any atom is -0.502 e. The lowest BCUT2D eigenvalue weighted by Gasteiger charge is -2.11. The lowest BCUT2D eigenvalue weighted by molar-refractivity contribution is 0.341. The molecule has 1 N–H and O–H groups in total. The van der Waals surface area contributed by atoms with Crippen molar-refractivity contribution in [1.82, 2.24) is 9.97 Å². The molecule has 0 atom stereocenters. The summed E-state index contributed by atoms with van der Waals surface area (Å²) >= 11 is 6.69. The van der Waals surface area contributed by atoms with Gasteiger partial charge in [-0.25, -0.2) is 9.97 Å². The van der Waals surface area contributed by atoms with Crippen LogP contribution in [-0.2, 0) is 5.75 Å². The molecular formula is C23H19BrN2O3S2. The van der Waals surface area contributed by atoms with Crippen LogP contribution >= 0.6 is 39.0 Å². The Morgan fingerprint density at radius 1 is 1.06 bits per heavy atom. The molecule has 158 valence electrons. The molecule has 0 aliphatic carbocycles. The molecular weight excluding hydrogens is 496 g/mol. The van der Waals surface area contributed by atoms with E-state index < -0.39 is 0 Å². The summed E-state index contributed by atoms with van der Waals surface area (Å²) in [4.78, 5) is 9.25. The zero-order valence-electron chi connectivity index (χ0n) is 16.8. The molecule has 0 radical (unpaired) electrons. The van der Waals surface area contributed by atoms with Gasteiger partial charge >= 0.3 is 0 Å². The molecule has 2 aromatic carbocycles.